The normalized spacial score (nSPS) is 21.3. The van der Waals surface area contributed by atoms with Crippen LogP contribution in [0.4, 0.5) is 0 Å². The van der Waals surface area contributed by atoms with E-state index in [4.69, 9.17) is 0 Å². The van der Waals surface area contributed by atoms with E-state index in [0.717, 1.165) is 5.57 Å². The Morgan fingerprint density at radius 2 is 1.22 bits per heavy atom. The van der Waals surface area contributed by atoms with Gasteiger partial charge >= 0.3 is 0 Å². The molecule has 0 unspecified atom stereocenters. The van der Waals surface area contributed by atoms with E-state index in [-0.39, 0.29) is 12.0 Å². The van der Waals surface area contributed by atoms with Crippen LogP contribution in [0.5, 0.6) is 0 Å². The minimum atomic E-state index is 0.124. The maximum Gasteiger partial charge on any atom is 0.0644 e. The van der Waals surface area contributed by atoms with Crippen molar-refractivity contribution in [3.8, 4) is 0 Å². The lowest BCUT2D eigenvalue weighted by molar-refractivity contribution is 0.330. The number of hydrogen-bond acceptors (Lipinski definition) is 1. The monoisotopic (exact) mass is 370 g/mol. The summed E-state index contributed by atoms with van der Waals surface area (Å²) >= 11 is 0. The highest BCUT2D eigenvalue weighted by Crippen LogP contribution is 2.45. The molecule has 0 aromatic rings. The first-order chi connectivity index (χ1) is 12.4. The van der Waals surface area contributed by atoms with Crippen LogP contribution in [0.25, 0.3) is 0 Å². The van der Waals surface area contributed by atoms with Crippen LogP contribution in [0.1, 0.15) is 95.4 Å². The van der Waals surface area contributed by atoms with Gasteiger partial charge in [-0.15, -0.1) is 0 Å². The molecule has 0 saturated heterocycles. The smallest absolute Gasteiger partial charge is 0.0644 e. The fourth-order valence-corrected chi connectivity index (χ4v) is 4.48. The van der Waals surface area contributed by atoms with Crippen molar-refractivity contribution in [2.24, 2.45) is 5.41 Å². The SMILES string of the molecule is CC1=C(/C(C)=C(C)/C(C)=C(C)\C(C)=C(C)\C(C)=C(/C)CO)C(C)(C)CCC1. The molecule has 1 aliphatic rings. The number of rotatable bonds is 5. The minimum Gasteiger partial charge on any atom is -0.392 e. The average molecular weight is 371 g/mol. The number of allylic oxidation sites excluding steroid dienone is 9. The molecule has 1 aliphatic carbocycles. The summed E-state index contributed by atoms with van der Waals surface area (Å²) in [5, 5.41) is 9.46. The molecule has 0 radical (unpaired) electrons. The highest BCUT2D eigenvalue weighted by atomic mass is 16.3. The molecule has 0 aromatic heterocycles. The zero-order valence-corrected chi connectivity index (χ0v) is 19.8. The Kier molecular flexibility index (Phi) is 8.11. The van der Waals surface area contributed by atoms with Crippen molar-refractivity contribution in [2.75, 3.05) is 6.61 Å². The van der Waals surface area contributed by atoms with E-state index in [1.165, 1.54) is 58.3 Å². The molecule has 152 valence electrons. The van der Waals surface area contributed by atoms with Crippen LogP contribution in [-0.2, 0) is 0 Å². The Labute approximate surface area is 168 Å². The molecule has 27 heavy (non-hydrogen) atoms. The first-order valence-corrected chi connectivity index (χ1v) is 10.4. The lowest BCUT2D eigenvalue weighted by Gasteiger charge is -2.36. The molecule has 0 heterocycles. The molecule has 1 N–H and O–H groups in total. The second-order valence-electron chi connectivity index (χ2n) is 9.21. The van der Waals surface area contributed by atoms with E-state index in [1.807, 2.05) is 6.92 Å². The van der Waals surface area contributed by atoms with Crippen LogP contribution in [-0.4, -0.2) is 11.7 Å². The van der Waals surface area contributed by atoms with Crippen molar-refractivity contribution in [2.45, 2.75) is 95.4 Å². The molecule has 1 nitrogen and oxygen atoms in total. The van der Waals surface area contributed by atoms with E-state index in [9.17, 15) is 5.11 Å². The van der Waals surface area contributed by atoms with E-state index in [0.29, 0.717) is 0 Å². The van der Waals surface area contributed by atoms with Crippen LogP contribution in [0, 0.1) is 5.41 Å². The van der Waals surface area contributed by atoms with Gasteiger partial charge in [0.1, 0.15) is 0 Å². The summed E-state index contributed by atoms with van der Waals surface area (Å²) in [5.41, 5.74) is 13.8. The van der Waals surface area contributed by atoms with Crippen molar-refractivity contribution in [3.05, 3.63) is 55.7 Å². The van der Waals surface area contributed by atoms with Gasteiger partial charge in [-0.05, 0) is 137 Å². The van der Waals surface area contributed by atoms with E-state index in [1.54, 1.807) is 11.1 Å². The first kappa shape index (κ1) is 23.7. The Morgan fingerprint density at radius 1 is 0.778 bits per heavy atom. The topological polar surface area (TPSA) is 20.2 Å². The van der Waals surface area contributed by atoms with Crippen molar-refractivity contribution in [1.29, 1.82) is 0 Å². The molecule has 0 bridgehead atoms. The Balaban J connectivity index is 3.53. The van der Waals surface area contributed by atoms with Crippen molar-refractivity contribution >= 4 is 0 Å². The van der Waals surface area contributed by atoms with Crippen LogP contribution in [0.15, 0.2) is 55.7 Å². The lowest BCUT2D eigenvalue weighted by Crippen LogP contribution is -2.21. The highest BCUT2D eigenvalue weighted by molar-refractivity contribution is 5.53. The van der Waals surface area contributed by atoms with Gasteiger partial charge in [0.15, 0.2) is 0 Å². The van der Waals surface area contributed by atoms with Crippen molar-refractivity contribution < 1.29 is 5.11 Å². The van der Waals surface area contributed by atoms with Crippen LogP contribution < -0.4 is 0 Å². The lowest BCUT2D eigenvalue weighted by atomic mass is 9.69. The summed E-state index contributed by atoms with van der Waals surface area (Å²) in [5.74, 6) is 0. The first-order valence-electron chi connectivity index (χ1n) is 10.4. The zero-order valence-electron chi connectivity index (χ0n) is 19.8. The van der Waals surface area contributed by atoms with Crippen LogP contribution in [0.2, 0.25) is 0 Å². The Bertz CT molecular complexity index is 745. The Morgan fingerprint density at radius 3 is 1.67 bits per heavy atom. The van der Waals surface area contributed by atoms with Gasteiger partial charge in [-0.2, -0.15) is 0 Å². The number of hydrogen-bond donors (Lipinski definition) is 1. The van der Waals surface area contributed by atoms with E-state index >= 15 is 0 Å². The average Bonchev–Trinajstić information content (AvgIpc) is 2.62. The molecule has 0 saturated carbocycles. The molecule has 1 heteroatoms. The van der Waals surface area contributed by atoms with Crippen molar-refractivity contribution in [1.82, 2.24) is 0 Å². The van der Waals surface area contributed by atoms with Gasteiger partial charge in [0.2, 0.25) is 0 Å². The summed E-state index contributed by atoms with van der Waals surface area (Å²) in [6.07, 6.45) is 3.81. The molecule has 0 fully saturated rings. The third kappa shape index (κ3) is 5.13. The maximum atomic E-state index is 9.46. The molecule has 0 amide bonds. The standard InChI is InChI=1S/C26H42O/c1-16-13-12-14-26(10,11)25(16)24(9)23(8)22(7)21(6)20(5)19(4)18(3)17(2)15-27/h27H,12-15H2,1-11H3/b18-17+,20-19+,22-21-,24-23+. The van der Waals surface area contributed by atoms with Gasteiger partial charge in [0.05, 0.1) is 6.61 Å². The predicted octanol–water partition coefficient (Wildman–Crippen LogP) is 7.85. The number of aliphatic hydroxyl groups excluding tert-OH is 1. The van der Waals surface area contributed by atoms with Crippen LogP contribution in [0.3, 0.4) is 0 Å². The number of aliphatic hydroxyl groups is 1. The van der Waals surface area contributed by atoms with Gasteiger partial charge in [0.25, 0.3) is 0 Å². The summed E-state index contributed by atoms with van der Waals surface area (Å²) in [4.78, 5) is 0. The van der Waals surface area contributed by atoms with Gasteiger partial charge in [0, 0.05) is 0 Å². The predicted molar refractivity (Wildman–Crippen MR) is 121 cm³/mol. The minimum absolute atomic E-state index is 0.124. The molecule has 0 atom stereocenters. The largest absolute Gasteiger partial charge is 0.392 e. The molecule has 1 rings (SSSR count). The fraction of sp³-hybridized carbons (Fsp3) is 0.615. The van der Waals surface area contributed by atoms with Gasteiger partial charge in [-0.1, -0.05) is 19.4 Å². The van der Waals surface area contributed by atoms with E-state index in [2.05, 4.69) is 69.2 Å². The summed E-state index contributed by atoms with van der Waals surface area (Å²) < 4.78 is 0. The summed E-state index contributed by atoms with van der Waals surface area (Å²) in [7, 11) is 0. The molecular weight excluding hydrogens is 328 g/mol. The van der Waals surface area contributed by atoms with E-state index < -0.39 is 0 Å². The third-order valence-corrected chi connectivity index (χ3v) is 7.08. The summed E-state index contributed by atoms with van der Waals surface area (Å²) in [6.45, 7) is 24.8. The third-order valence-electron chi connectivity index (χ3n) is 7.08. The second-order valence-corrected chi connectivity index (χ2v) is 9.21. The zero-order chi connectivity index (χ0) is 21.1. The van der Waals surface area contributed by atoms with Gasteiger partial charge < -0.3 is 5.11 Å². The van der Waals surface area contributed by atoms with Gasteiger partial charge in [-0.3, -0.25) is 0 Å². The highest BCUT2D eigenvalue weighted by Gasteiger charge is 2.30. The summed E-state index contributed by atoms with van der Waals surface area (Å²) in [6, 6.07) is 0. The maximum absolute atomic E-state index is 9.46. The quantitative estimate of drug-likeness (QED) is 0.488. The molecule has 0 aliphatic heterocycles. The van der Waals surface area contributed by atoms with Gasteiger partial charge in [-0.25, -0.2) is 0 Å². The Hall–Kier alpha value is -1.34. The second kappa shape index (κ2) is 9.24. The fourth-order valence-electron chi connectivity index (χ4n) is 4.48. The van der Waals surface area contributed by atoms with Crippen LogP contribution >= 0.6 is 0 Å². The molecular formula is C26H42O. The van der Waals surface area contributed by atoms with Crippen molar-refractivity contribution in [3.63, 3.8) is 0 Å². The molecule has 0 aromatic carbocycles. The molecule has 0 spiro atoms.